The fraction of sp³-hybridized carbons (Fsp3) is 0.188. The summed E-state index contributed by atoms with van der Waals surface area (Å²) in [6.45, 7) is 0.722. The first-order chi connectivity index (χ1) is 9.76. The van der Waals surface area contributed by atoms with Crippen molar-refractivity contribution in [3.8, 4) is 11.8 Å². The number of hydrogen-bond donors (Lipinski definition) is 2. The second kappa shape index (κ2) is 6.48. The van der Waals surface area contributed by atoms with Gasteiger partial charge in [0.25, 0.3) is 0 Å². The Hall–Kier alpha value is -2.67. The summed E-state index contributed by atoms with van der Waals surface area (Å²) in [4.78, 5) is 0. The van der Waals surface area contributed by atoms with E-state index in [1.807, 2.05) is 36.4 Å². The molecule has 0 aliphatic heterocycles. The Labute approximate surface area is 118 Å². The summed E-state index contributed by atoms with van der Waals surface area (Å²) in [6, 6.07) is 15.4. The van der Waals surface area contributed by atoms with Gasteiger partial charge >= 0.3 is 0 Å². The number of ether oxygens (including phenoxy) is 1. The highest BCUT2D eigenvalue weighted by molar-refractivity contribution is 5.72. The van der Waals surface area contributed by atoms with Crippen molar-refractivity contribution in [3.05, 3.63) is 53.6 Å². The molecule has 0 heterocycles. The highest BCUT2D eigenvalue weighted by atomic mass is 16.5. The predicted molar refractivity (Wildman–Crippen MR) is 80.8 cm³/mol. The molecule has 20 heavy (non-hydrogen) atoms. The number of nitrogen functional groups attached to an aromatic ring is 1. The number of nitrogens with zero attached hydrogens (tertiary/aromatic N) is 1. The topological polar surface area (TPSA) is 71.1 Å². The Kier molecular flexibility index (Phi) is 4.46. The predicted octanol–water partition coefficient (Wildman–Crippen LogP) is 2.80. The van der Waals surface area contributed by atoms with Crippen LogP contribution in [-0.2, 0) is 6.42 Å². The minimum absolute atomic E-state index is 0.493. The summed E-state index contributed by atoms with van der Waals surface area (Å²) >= 11 is 0. The van der Waals surface area contributed by atoms with Crippen LogP contribution in [0.5, 0.6) is 5.75 Å². The van der Waals surface area contributed by atoms with Gasteiger partial charge in [-0.2, -0.15) is 5.26 Å². The Bertz CT molecular complexity index is 632. The van der Waals surface area contributed by atoms with E-state index in [0.29, 0.717) is 11.3 Å². The molecule has 0 bridgehead atoms. The molecule has 102 valence electrons. The van der Waals surface area contributed by atoms with Crippen LogP contribution in [0.25, 0.3) is 0 Å². The number of anilines is 2. The summed E-state index contributed by atoms with van der Waals surface area (Å²) < 4.78 is 5.31. The van der Waals surface area contributed by atoms with E-state index in [1.165, 1.54) is 0 Å². The highest BCUT2D eigenvalue weighted by Gasteiger charge is 2.05. The molecule has 0 radical (unpaired) electrons. The van der Waals surface area contributed by atoms with Crippen LogP contribution in [0.15, 0.2) is 42.5 Å². The third-order valence-electron chi connectivity index (χ3n) is 3.13. The van der Waals surface area contributed by atoms with Gasteiger partial charge in [0.05, 0.1) is 24.0 Å². The fourth-order valence-electron chi connectivity index (χ4n) is 2.06. The number of nitrogens with one attached hydrogen (secondary N) is 1. The molecule has 2 aromatic rings. The minimum Gasteiger partial charge on any atom is -0.496 e. The van der Waals surface area contributed by atoms with Crippen molar-refractivity contribution in [3.63, 3.8) is 0 Å². The monoisotopic (exact) mass is 267 g/mol. The lowest BCUT2D eigenvalue weighted by molar-refractivity contribution is 0.410. The van der Waals surface area contributed by atoms with Crippen LogP contribution in [0.3, 0.4) is 0 Å². The zero-order valence-corrected chi connectivity index (χ0v) is 11.4. The normalized spacial score (nSPS) is 9.80. The van der Waals surface area contributed by atoms with Gasteiger partial charge in [0.1, 0.15) is 11.8 Å². The number of hydrogen-bond acceptors (Lipinski definition) is 4. The summed E-state index contributed by atoms with van der Waals surface area (Å²) in [5.74, 6) is 0.882. The van der Waals surface area contributed by atoms with Crippen molar-refractivity contribution in [2.45, 2.75) is 6.42 Å². The molecule has 0 saturated carbocycles. The van der Waals surface area contributed by atoms with Crippen LogP contribution in [0, 0.1) is 11.3 Å². The molecule has 0 atom stereocenters. The summed E-state index contributed by atoms with van der Waals surface area (Å²) in [5.41, 5.74) is 8.84. The van der Waals surface area contributed by atoms with Gasteiger partial charge in [0.2, 0.25) is 0 Å². The number of methoxy groups -OCH3 is 1. The third kappa shape index (κ3) is 3.01. The van der Waals surface area contributed by atoms with Gasteiger partial charge in [-0.15, -0.1) is 0 Å². The van der Waals surface area contributed by atoms with E-state index in [1.54, 1.807) is 13.2 Å². The van der Waals surface area contributed by atoms with E-state index in [-0.39, 0.29) is 0 Å². The highest BCUT2D eigenvalue weighted by Crippen LogP contribution is 2.22. The number of nitrogens with two attached hydrogens (primary N) is 1. The third-order valence-corrected chi connectivity index (χ3v) is 3.13. The molecule has 3 N–H and O–H groups in total. The lowest BCUT2D eigenvalue weighted by Crippen LogP contribution is -2.08. The second-order valence-electron chi connectivity index (χ2n) is 4.37. The van der Waals surface area contributed by atoms with Crippen LogP contribution in [0.4, 0.5) is 11.4 Å². The molecule has 0 unspecified atom stereocenters. The molecule has 4 nitrogen and oxygen atoms in total. The molecule has 4 heteroatoms. The molecule has 2 rings (SSSR count). The molecular weight excluding hydrogens is 250 g/mol. The zero-order valence-electron chi connectivity index (χ0n) is 11.4. The minimum atomic E-state index is 0.493. The lowest BCUT2D eigenvalue weighted by atomic mass is 10.1. The van der Waals surface area contributed by atoms with E-state index >= 15 is 0 Å². The maximum absolute atomic E-state index is 8.94. The van der Waals surface area contributed by atoms with Gasteiger partial charge in [0.15, 0.2) is 0 Å². The van der Waals surface area contributed by atoms with Gasteiger partial charge in [0, 0.05) is 6.54 Å². The molecule has 0 amide bonds. The van der Waals surface area contributed by atoms with Gasteiger partial charge in [-0.3, -0.25) is 0 Å². The molecule has 0 fully saturated rings. The zero-order chi connectivity index (χ0) is 14.4. The first kappa shape index (κ1) is 13.8. The fourth-order valence-corrected chi connectivity index (χ4v) is 2.06. The summed E-state index contributed by atoms with van der Waals surface area (Å²) in [6.07, 6.45) is 0.820. The van der Waals surface area contributed by atoms with Crippen molar-refractivity contribution in [2.75, 3.05) is 24.7 Å². The molecule has 0 aliphatic rings. The Morgan fingerprint density at radius 2 is 2.00 bits per heavy atom. The molecule has 0 aromatic heterocycles. The van der Waals surface area contributed by atoms with Gasteiger partial charge in [-0.25, -0.2) is 0 Å². The lowest BCUT2D eigenvalue weighted by Gasteiger charge is -2.11. The Morgan fingerprint density at radius 1 is 1.20 bits per heavy atom. The summed E-state index contributed by atoms with van der Waals surface area (Å²) in [5, 5.41) is 12.2. The van der Waals surface area contributed by atoms with Gasteiger partial charge < -0.3 is 15.8 Å². The molecule has 0 saturated heterocycles. The van der Waals surface area contributed by atoms with E-state index < -0.39 is 0 Å². The van der Waals surface area contributed by atoms with Crippen molar-refractivity contribution in [1.82, 2.24) is 0 Å². The van der Waals surface area contributed by atoms with Crippen molar-refractivity contribution < 1.29 is 4.74 Å². The largest absolute Gasteiger partial charge is 0.496 e. The van der Waals surface area contributed by atoms with Crippen LogP contribution in [-0.4, -0.2) is 13.7 Å². The molecule has 2 aromatic carbocycles. The average molecular weight is 267 g/mol. The Morgan fingerprint density at radius 3 is 2.75 bits per heavy atom. The Balaban J connectivity index is 2.02. The van der Waals surface area contributed by atoms with Gasteiger partial charge in [-0.05, 0) is 30.2 Å². The standard InChI is InChI=1S/C16H17N3O/c1-20-15-8-3-2-5-12(15)9-10-19-14-7-4-6-13(11-17)16(14)18/h2-8,19H,9-10,18H2,1H3. The quantitative estimate of drug-likeness (QED) is 0.817. The second-order valence-corrected chi connectivity index (χ2v) is 4.37. The molecule has 0 spiro atoms. The SMILES string of the molecule is COc1ccccc1CCNc1cccc(C#N)c1N. The van der Waals surface area contributed by atoms with Crippen LogP contribution in [0.2, 0.25) is 0 Å². The average Bonchev–Trinajstić information content (AvgIpc) is 2.49. The van der Waals surface area contributed by atoms with Crippen LogP contribution in [0.1, 0.15) is 11.1 Å². The molecular formula is C16H17N3O. The van der Waals surface area contributed by atoms with Gasteiger partial charge in [-0.1, -0.05) is 24.3 Å². The number of nitriles is 1. The molecule has 0 aliphatic carbocycles. The summed E-state index contributed by atoms with van der Waals surface area (Å²) in [7, 11) is 1.67. The van der Waals surface area contributed by atoms with Crippen LogP contribution >= 0.6 is 0 Å². The smallest absolute Gasteiger partial charge is 0.122 e. The maximum Gasteiger partial charge on any atom is 0.122 e. The van der Waals surface area contributed by atoms with E-state index in [9.17, 15) is 0 Å². The maximum atomic E-state index is 8.94. The van der Waals surface area contributed by atoms with Crippen molar-refractivity contribution in [1.29, 1.82) is 5.26 Å². The van der Waals surface area contributed by atoms with Crippen molar-refractivity contribution >= 4 is 11.4 Å². The first-order valence-electron chi connectivity index (χ1n) is 6.40. The van der Waals surface area contributed by atoms with E-state index in [0.717, 1.165) is 30.0 Å². The van der Waals surface area contributed by atoms with E-state index in [4.69, 9.17) is 15.7 Å². The number of benzene rings is 2. The van der Waals surface area contributed by atoms with E-state index in [2.05, 4.69) is 11.4 Å². The number of rotatable bonds is 5. The van der Waals surface area contributed by atoms with Crippen LogP contribution < -0.4 is 15.8 Å². The first-order valence-corrected chi connectivity index (χ1v) is 6.40. The number of para-hydroxylation sites is 2. The van der Waals surface area contributed by atoms with Crippen molar-refractivity contribution in [2.24, 2.45) is 0 Å².